The molecule has 1 amide bonds. The van der Waals surface area contributed by atoms with Crippen LogP contribution in [0.5, 0.6) is 5.75 Å². The molecule has 0 bridgehead atoms. The second-order valence-electron chi connectivity index (χ2n) is 9.29. The first kappa shape index (κ1) is 24.1. The predicted octanol–water partition coefficient (Wildman–Crippen LogP) is 4.44. The van der Waals surface area contributed by atoms with Gasteiger partial charge in [-0.1, -0.05) is 12.1 Å². The zero-order chi connectivity index (χ0) is 23.7. The summed E-state index contributed by atoms with van der Waals surface area (Å²) in [5.74, 6) is 0.593. The molecular formula is C24H31NO6S. The first-order valence-electron chi connectivity index (χ1n) is 10.5. The number of methoxy groups -OCH3 is 1. The molecule has 1 saturated heterocycles. The molecule has 1 fully saturated rings. The average Bonchev–Trinajstić information content (AvgIpc) is 3.01. The first-order valence-corrected chi connectivity index (χ1v) is 12.0. The molecule has 0 aromatic heterocycles. The fraction of sp³-hybridized carbons (Fsp3) is 0.458. The Hall–Kier alpha value is -2.58. The second kappa shape index (κ2) is 8.75. The molecule has 0 N–H and O–H groups in total. The van der Waals surface area contributed by atoms with Gasteiger partial charge in [0, 0.05) is 0 Å². The number of rotatable bonds is 5. The standard InChI is InChI=1S/C24H31NO6S/c1-23(2,3)31-22(26)25-18(16-30-24(25,4)5)15-17-7-11-20(12-8-17)32(27,28)21-13-9-19(29-6)10-14-21/h7-14,18H,15-16H2,1-6H3. The Morgan fingerprint density at radius 2 is 1.59 bits per heavy atom. The lowest BCUT2D eigenvalue weighted by molar-refractivity contribution is -0.0624. The summed E-state index contributed by atoms with van der Waals surface area (Å²) in [4.78, 5) is 14.8. The van der Waals surface area contributed by atoms with E-state index in [0.717, 1.165) is 5.56 Å². The third-order valence-electron chi connectivity index (χ3n) is 5.24. The van der Waals surface area contributed by atoms with Crippen molar-refractivity contribution in [3.63, 3.8) is 0 Å². The molecule has 8 heteroatoms. The van der Waals surface area contributed by atoms with Gasteiger partial charge < -0.3 is 14.2 Å². The molecule has 1 aliphatic heterocycles. The number of ether oxygens (including phenoxy) is 3. The molecule has 7 nitrogen and oxygen atoms in total. The third-order valence-corrected chi connectivity index (χ3v) is 7.02. The number of benzene rings is 2. The van der Waals surface area contributed by atoms with Crippen molar-refractivity contribution in [1.29, 1.82) is 0 Å². The van der Waals surface area contributed by atoms with Gasteiger partial charge in [-0.25, -0.2) is 13.2 Å². The molecule has 1 heterocycles. The Balaban J connectivity index is 1.77. The number of hydrogen-bond acceptors (Lipinski definition) is 6. The highest BCUT2D eigenvalue weighted by molar-refractivity contribution is 7.91. The molecule has 1 atom stereocenters. The Morgan fingerprint density at radius 1 is 1.06 bits per heavy atom. The molecule has 174 valence electrons. The van der Waals surface area contributed by atoms with Crippen molar-refractivity contribution in [3.05, 3.63) is 54.1 Å². The Labute approximate surface area is 190 Å². The monoisotopic (exact) mass is 461 g/mol. The molecule has 0 spiro atoms. The van der Waals surface area contributed by atoms with Crippen molar-refractivity contribution in [2.75, 3.05) is 13.7 Å². The molecule has 32 heavy (non-hydrogen) atoms. The smallest absolute Gasteiger partial charge is 0.412 e. The van der Waals surface area contributed by atoms with Crippen LogP contribution < -0.4 is 4.74 Å². The first-order chi connectivity index (χ1) is 14.8. The largest absolute Gasteiger partial charge is 0.497 e. The molecule has 2 aromatic rings. The minimum absolute atomic E-state index is 0.202. The maximum absolute atomic E-state index is 12.9. The van der Waals surface area contributed by atoms with E-state index in [2.05, 4.69) is 0 Å². The summed E-state index contributed by atoms with van der Waals surface area (Å²) in [5.41, 5.74) is -0.499. The van der Waals surface area contributed by atoms with Crippen LogP contribution in [-0.2, 0) is 25.7 Å². The number of carbonyl (C=O) groups excluding carboxylic acids is 1. The minimum atomic E-state index is -3.64. The van der Waals surface area contributed by atoms with Crippen LogP contribution in [0.2, 0.25) is 0 Å². The summed E-state index contributed by atoms with van der Waals surface area (Å²) < 4.78 is 42.3. The fourth-order valence-corrected chi connectivity index (χ4v) is 4.94. The van der Waals surface area contributed by atoms with E-state index < -0.39 is 27.3 Å². The van der Waals surface area contributed by atoms with E-state index in [-0.39, 0.29) is 15.8 Å². The van der Waals surface area contributed by atoms with E-state index in [9.17, 15) is 13.2 Å². The lowest BCUT2D eigenvalue weighted by Gasteiger charge is -2.35. The van der Waals surface area contributed by atoms with E-state index in [0.29, 0.717) is 18.8 Å². The van der Waals surface area contributed by atoms with Crippen LogP contribution in [0.4, 0.5) is 4.79 Å². The molecule has 3 rings (SSSR count). The number of nitrogens with zero attached hydrogens (tertiary/aromatic N) is 1. The lowest BCUT2D eigenvalue weighted by Crippen LogP contribution is -2.50. The highest BCUT2D eigenvalue weighted by Crippen LogP contribution is 2.31. The van der Waals surface area contributed by atoms with Crippen LogP contribution in [0.3, 0.4) is 0 Å². The van der Waals surface area contributed by atoms with E-state index in [4.69, 9.17) is 14.2 Å². The predicted molar refractivity (Wildman–Crippen MR) is 120 cm³/mol. The van der Waals surface area contributed by atoms with Crippen molar-refractivity contribution >= 4 is 15.9 Å². The quantitative estimate of drug-likeness (QED) is 0.655. The van der Waals surface area contributed by atoms with Gasteiger partial charge in [0.15, 0.2) is 0 Å². The van der Waals surface area contributed by atoms with Gasteiger partial charge in [-0.05, 0) is 83.0 Å². The SMILES string of the molecule is COc1ccc(S(=O)(=O)c2ccc(CC3COC(C)(C)N3C(=O)OC(C)(C)C)cc2)cc1. The molecule has 2 aromatic carbocycles. The molecule has 0 saturated carbocycles. The van der Waals surface area contributed by atoms with Gasteiger partial charge >= 0.3 is 6.09 Å². The van der Waals surface area contributed by atoms with Crippen LogP contribution >= 0.6 is 0 Å². The third kappa shape index (κ3) is 5.24. The van der Waals surface area contributed by atoms with Gasteiger partial charge in [-0.2, -0.15) is 0 Å². The maximum Gasteiger partial charge on any atom is 0.412 e. The van der Waals surface area contributed by atoms with Crippen LogP contribution in [-0.4, -0.2) is 50.5 Å². The zero-order valence-electron chi connectivity index (χ0n) is 19.4. The van der Waals surface area contributed by atoms with E-state index in [1.807, 2.05) is 34.6 Å². The van der Waals surface area contributed by atoms with E-state index >= 15 is 0 Å². The molecule has 1 unspecified atom stereocenters. The summed E-state index contributed by atoms with van der Waals surface area (Å²) in [7, 11) is -2.11. The number of hydrogen-bond donors (Lipinski definition) is 0. The van der Waals surface area contributed by atoms with Crippen molar-refractivity contribution in [3.8, 4) is 5.75 Å². The van der Waals surface area contributed by atoms with Crippen LogP contribution in [0.1, 0.15) is 40.2 Å². The summed E-state index contributed by atoms with van der Waals surface area (Å²) in [6.07, 6.45) is 0.0923. The summed E-state index contributed by atoms with van der Waals surface area (Å²) in [6, 6.07) is 12.8. The van der Waals surface area contributed by atoms with Crippen molar-refractivity contribution in [2.24, 2.45) is 0 Å². The molecular weight excluding hydrogens is 430 g/mol. The van der Waals surface area contributed by atoms with E-state index in [1.165, 1.54) is 19.2 Å². The van der Waals surface area contributed by atoms with Gasteiger partial charge in [0.25, 0.3) is 0 Å². The van der Waals surface area contributed by atoms with Crippen LogP contribution in [0, 0.1) is 0 Å². The summed E-state index contributed by atoms with van der Waals surface area (Å²) in [6.45, 7) is 9.52. The fourth-order valence-electron chi connectivity index (χ4n) is 3.68. The number of amides is 1. The topological polar surface area (TPSA) is 82.1 Å². The highest BCUT2D eigenvalue weighted by Gasteiger charge is 2.45. The number of sulfone groups is 1. The van der Waals surface area contributed by atoms with E-state index in [1.54, 1.807) is 41.3 Å². The zero-order valence-corrected chi connectivity index (χ0v) is 20.2. The van der Waals surface area contributed by atoms with Crippen molar-refractivity contribution in [1.82, 2.24) is 4.90 Å². The summed E-state index contributed by atoms with van der Waals surface area (Å²) >= 11 is 0. The maximum atomic E-state index is 12.9. The molecule has 1 aliphatic rings. The normalized spacial score (nSPS) is 18.4. The highest BCUT2D eigenvalue weighted by atomic mass is 32.2. The lowest BCUT2D eigenvalue weighted by atomic mass is 10.1. The Morgan fingerprint density at radius 3 is 2.09 bits per heavy atom. The van der Waals surface area contributed by atoms with Gasteiger partial charge in [-0.15, -0.1) is 0 Å². The van der Waals surface area contributed by atoms with Gasteiger partial charge in [0.1, 0.15) is 17.1 Å². The van der Waals surface area contributed by atoms with Crippen LogP contribution in [0.15, 0.2) is 58.3 Å². The van der Waals surface area contributed by atoms with Crippen LogP contribution in [0.25, 0.3) is 0 Å². The van der Waals surface area contributed by atoms with Gasteiger partial charge in [-0.3, -0.25) is 4.90 Å². The average molecular weight is 462 g/mol. The minimum Gasteiger partial charge on any atom is -0.497 e. The van der Waals surface area contributed by atoms with Crippen molar-refractivity contribution < 1.29 is 27.4 Å². The Kier molecular flexibility index (Phi) is 6.58. The van der Waals surface area contributed by atoms with Gasteiger partial charge in [0.2, 0.25) is 9.84 Å². The summed E-state index contributed by atoms with van der Waals surface area (Å²) in [5, 5.41) is 0. The number of carbonyl (C=O) groups is 1. The molecule has 0 aliphatic carbocycles. The second-order valence-corrected chi connectivity index (χ2v) is 11.2. The van der Waals surface area contributed by atoms with Crippen molar-refractivity contribution in [2.45, 2.75) is 68.2 Å². The molecule has 0 radical (unpaired) electrons. The Bertz CT molecular complexity index is 1050. The van der Waals surface area contributed by atoms with Gasteiger partial charge in [0.05, 0.1) is 29.5 Å².